The van der Waals surface area contributed by atoms with Crippen LogP contribution in [0, 0.1) is 11.6 Å². The van der Waals surface area contributed by atoms with Gasteiger partial charge in [0.15, 0.2) is 5.82 Å². The third kappa shape index (κ3) is 3.52. The number of H-pyrrole nitrogens is 2. The standard InChI is InChI=1S/C22H14F2N6O/c23-14-3-5-15(6-4-14)27-22(31)16-9-12(1-7-18(16)24)20-17-10-13(21-25-11-26-30-21)2-8-19(17)28-29-20/h1-11H,(H,27,31)(H,28,29)(H,25,26,30). The van der Waals surface area contributed by atoms with Crippen molar-refractivity contribution in [1.82, 2.24) is 25.4 Å². The molecule has 2 aromatic heterocycles. The summed E-state index contributed by atoms with van der Waals surface area (Å²) in [6.07, 6.45) is 1.42. The number of carbonyl (C=O) groups is 1. The Morgan fingerprint density at radius 2 is 1.71 bits per heavy atom. The molecule has 0 spiro atoms. The number of carbonyl (C=O) groups excluding carboxylic acids is 1. The van der Waals surface area contributed by atoms with Gasteiger partial charge in [0, 0.05) is 22.2 Å². The molecule has 3 aromatic carbocycles. The van der Waals surface area contributed by atoms with Crippen molar-refractivity contribution in [2.24, 2.45) is 0 Å². The van der Waals surface area contributed by atoms with Crippen LogP contribution >= 0.6 is 0 Å². The van der Waals surface area contributed by atoms with E-state index < -0.39 is 17.5 Å². The highest BCUT2D eigenvalue weighted by Crippen LogP contribution is 2.30. The van der Waals surface area contributed by atoms with Crippen LogP contribution in [0.5, 0.6) is 0 Å². The summed E-state index contributed by atoms with van der Waals surface area (Å²) in [5.74, 6) is -1.15. The van der Waals surface area contributed by atoms with Crippen molar-refractivity contribution in [3.8, 4) is 22.6 Å². The van der Waals surface area contributed by atoms with Crippen molar-refractivity contribution in [2.45, 2.75) is 0 Å². The lowest BCUT2D eigenvalue weighted by Crippen LogP contribution is -2.14. The smallest absolute Gasteiger partial charge is 0.258 e. The molecule has 9 heteroatoms. The molecule has 0 saturated carbocycles. The molecule has 0 saturated heterocycles. The van der Waals surface area contributed by atoms with Gasteiger partial charge in [-0.1, -0.05) is 0 Å². The minimum absolute atomic E-state index is 0.149. The van der Waals surface area contributed by atoms with Gasteiger partial charge in [-0.15, -0.1) is 0 Å². The minimum atomic E-state index is -0.675. The number of aromatic nitrogens is 5. The van der Waals surface area contributed by atoms with Gasteiger partial charge in [0.1, 0.15) is 18.0 Å². The Morgan fingerprint density at radius 3 is 2.48 bits per heavy atom. The number of amides is 1. The summed E-state index contributed by atoms with van der Waals surface area (Å²) >= 11 is 0. The largest absolute Gasteiger partial charge is 0.322 e. The highest BCUT2D eigenvalue weighted by molar-refractivity contribution is 6.05. The molecular formula is C22H14F2N6O. The van der Waals surface area contributed by atoms with E-state index >= 15 is 0 Å². The van der Waals surface area contributed by atoms with E-state index in [0.717, 1.165) is 16.5 Å². The van der Waals surface area contributed by atoms with Gasteiger partial charge in [0.05, 0.1) is 16.8 Å². The zero-order chi connectivity index (χ0) is 21.4. The first-order valence-corrected chi connectivity index (χ1v) is 9.29. The van der Waals surface area contributed by atoms with Gasteiger partial charge in [-0.2, -0.15) is 10.2 Å². The molecule has 0 atom stereocenters. The predicted molar refractivity (Wildman–Crippen MR) is 111 cm³/mol. The number of fused-ring (bicyclic) bond motifs is 1. The number of hydrogen-bond acceptors (Lipinski definition) is 4. The van der Waals surface area contributed by atoms with E-state index in [1.165, 1.54) is 42.7 Å². The molecular weight excluding hydrogens is 402 g/mol. The lowest BCUT2D eigenvalue weighted by molar-refractivity contribution is 0.102. The monoisotopic (exact) mass is 416 g/mol. The molecule has 0 aliphatic heterocycles. The molecule has 0 unspecified atom stereocenters. The molecule has 0 aliphatic carbocycles. The Hall–Kier alpha value is -4.40. The van der Waals surface area contributed by atoms with Gasteiger partial charge in [0.25, 0.3) is 5.91 Å². The fourth-order valence-corrected chi connectivity index (χ4v) is 3.30. The Labute approximate surface area is 174 Å². The van der Waals surface area contributed by atoms with Gasteiger partial charge >= 0.3 is 0 Å². The van der Waals surface area contributed by atoms with Crippen molar-refractivity contribution >= 4 is 22.5 Å². The number of nitrogens with zero attached hydrogens (tertiary/aromatic N) is 3. The van der Waals surface area contributed by atoms with Gasteiger partial charge in [-0.05, 0) is 60.7 Å². The van der Waals surface area contributed by atoms with Crippen molar-refractivity contribution < 1.29 is 13.6 Å². The van der Waals surface area contributed by atoms with Crippen molar-refractivity contribution in [3.05, 3.63) is 84.2 Å². The maximum Gasteiger partial charge on any atom is 0.258 e. The van der Waals surface area contributed by atoms with Crippen LogP contribution in [0.3, 0.4) is 0 Å². The fraction of sp³-hybridized carbons (Fsp3) is 0. The van der Waals surface area contributed by atoms with Crippen LogP contribution < -0.4 is 5.32 Å². The van der Waals surface area contributed by atoms with E-state index in [0.29, 0.717) is 22.8 Å². The summed E-state index contributed by atoms with van der Waals surface area (Å²) in [5.41, 5.74) is 2.92. The second-order valence-electron chi connectivity index (χ2n) is 6.82. The molecule has 0 radical (unpaired) electrons. The molecule has 7 nitrogen and oxygen atoms in total. The topological polar surface area (TPSA) is 99.3 Å². The molecule has 31 heavy (non-hydrogen) atoms. The molecule has 3 N–H and O–H groups in total. The van der Waals surface area contributed by atoms with Gasteiger partial charge in [-0.3, -0.25) is 15.0 Å². The minimum Gasteiger partial charge on any atom is -0.322 e. The molecule has 0 bridgehead atoms. The quantitative estimate of drug-likeness (QED) is 0.400. The molecule has 5 rings (SSSR count). The first-order valence-electron chi connectivity index (χ1n) is 9.29. The highest BCUT2D eigenvalue weighted by atomic mass is 19.1. The van der Waals surface area contributed by atoms with Crippen LogP contribution in [-0.4, -0.2) is 31.3 Å². The Kier molecular flexibility index (Phi) is 4.47. The second-order valence-corrected chi connectivity index (χ2v) is 6.82. The van der Waals surface area contributed by atoms with Crippen LogP contribution in [0.4, 0.5) is 14.5 Å². The lowest BCUT2D eigenvalue weighted by Gasteiger charge is -2.08. The highest BCUT2D eigenvalue weighted by Gasteiger charge is 2.17. The van der Waals surface area contributed by atoms with Crippen molar-refractivity contribution in [3.63, 3.8) is 0 Å². The van der Waals surface area contributed by atoms with Gasteiger partial charge < -0.3 is 5.32 Å². The van der Waals surface area contributed by atoms with Gasteiger partial charge in [0.2, 0.25) is 0 Å². The Morgan fingerprint density at radius 1 is 0.903 bits per heavy atom. The van der Waals surface area contributed by atoms with E-state index in [1.54, 1.807) is 6.07 Å². The van der Waals surface area contributed by atoms with Gasteiger partial charge in [-0.25, -0.2) is 13.8 Å². The zero-order valence-corrected chi connectivity index (χ0v) is 15.9. The third-order valence-corrected chi connectivity index (χ3v) is 4.84. The van der Waals surface area contributed by atoms with E-state index in [9.17, 15) is 13.6 Å². The summed E-state index contributed by atoms with van der Waals surface area (Å²) in [6.45, 7) is 0. The van der Waals surface area contributed by atoms with Crippen LogP contribution in [0.1, 0.15) is 10.4 Å². The maximum absolute atomic E-state index is 14.4. The predicted octanol–water partition coefficient (Wildman–Crippen LogP) is 4.55. The number of aromatic amines is 2. The summed E-state index contributed by atoms with van der Waals surface area (Å²) < 4.78 is 27.5. The van der Waals surface area contributed by atoms with Crippen molar-refractivity contribution in [1.29, 1.82) is 0 Å². The van der Waals surface area contributed by atoms with E-state index in [4.69, 9.17) is 0 Å². The average molecular weight is 416 g/mol. The summed E-state index contributed by atoms with van der Waals surface area (Å²) in [6, 6.07) is 15.1. The molecule has 5 aromatic rings. The number of benzene rings is 3. The zero-order valence-electron chi connectivity index (χ0n) is 15.9. The molecule has 0 aliphatic rings. The first kappa shape index (κ1) is 18.6. The van der Waals surface area contributed by atoms with Crippen LogP contribution in [0.15, 0.2) is 67.0 Å². The number of anilines is 1. The second kappa shape index (κ2) is 7.45. The number of hydrogen-bond donors (Lipinski definition) is 3. The molecule has 1 amide bonds. The number of nitrogens with one attached hydrogen (secondary N) is 3. The molecule has 152 valence electrons. The summed E-state index contributed by atoms with van der Waals surface area (Å²) in [4.78, 5) is 16.8. The first-order chi connectivity index (χ1) is 15.1. The van der Waals surface area contributed by atoms with Crippen LogP contribution in [-0.2, 0) is 0 Å². The summed E-state index contributed by atoms with van der Waals surface area (Å²) in [7, 11) is 0. The normalized spacial score (nSPS) is 11.0. The SMILES string of the molecule is O=C(Nc1ccc(F)cc1)c1cc(-c2n[nH]c3ccc(-c4ncn[nH]4)cc23)ccc1F. The number of halogens is 2. The maximum atomic E-state index is 14.4. The Bertz CT molecular complexity index is 1390. The van der Waals surface area contributed by atoms with E-state index in [-0.39, 0.29) is 5.56 Å². The van der Waals surface area contributed by atoms with Crippen LogP contribution in [0.25, 0.3) is 33.5 Å². The van der Waals surface area contributed by atoms with Crippen LogP contribution in [0.2, 0.25) is 0 Å². The molecule has 0 fully saturated rings. The van der Waals surface area contributed by atoms with Crippen molar-refractivity contribution in [2.75, 3.05) is 5.32 Å². The average Bonchev–Trinajstić information content (AvgIpc) is 3.45. The molecule has 2 heterocycles. The number of rotatable bonds is 4. The third-order valence-electron chi connectivity index (χ3n) is 4.84. The fourth-order valence-electron chi connectivity index (χ4n) is 3.30. The Balaban J connectivity index is 1.52. The van der Waals surface area contributed by atoms with E-state index in [1.807, 2.05) is 18.2 Å². The lowest BCUT2D eigenvalue weighted by atomic mass is 10.0. The summed E-state index contributed by atoms with van der Waals surface area (Å²) in [5, 5.41) is 17.3. The van der Waals surface area contributed by atoms with E-state index in [2.05, 4.69) is 30.7 Å².